The molecule has 0 unspecified atom stereocenters. The van der Waals surface area contributed by atoms with E-state index in [9.17, 15) is 0 Å². The molecular weight excluding hydrogens is 389 g/mol. The molecule has 0 aliphatic carbocycles. The fourth-order valence-corrected chi connectivity index (χ4v) is 2.75. The molecule has 22 heavy (non-hydrogen) atoms. The number of rotatable bonds is 4. The normalized spacial score (nSPS) is 16.3. The summed E-state index contributed by atoms with van der Waals surface area (Å²) in [6.07, 6.45) is 2.50. The number of piperidine rings is 1. The zero-order chi connectivity index (χ0) is 15.1. The second-order valence-electron chi connectivity index (χ2n) is 5.77. The number of likely N-dealkylation sites (tertiary alicyclic amines) is 1. The van der Waals surface area contributed by atoms with E-state index in [0.29, 0.717) is 6.61 Å². The number of aliphatic imine (C=N–C) groups is 1. The van der Waals surface area contributed by atoms with E-state index in [1.54, 1.807) is 7.11 Å². The highest BCUT2D eigenvalue weighted by atomic mass is 127. The lowest BCUT2D eigenvalue weighted by atomic mass is 9.99. The number of nitrogens with zero attached hydrogens (tertiary/aromatic N) is 2. The van der Waals surface area contributed by atoms with E-state index in [4.69, 9.17) is 4.74 Å². The van der Waals surface area contributed by atoms with Gasteiger partial charge in [0.15, 0.2) is 5.96 Å². The summed E-state index contributed by atoms with van der Waals surface area (Å²) in [7, 11) is 3.60. The Labute approximate surface area is 151 Å². The van der Waals surface area contributed by atoms with Crippen molar-refractivity contribution in [2.45, 2.75) is 32.9 Å². The van der Waals surface area contributed by atoms with E-state index in [-0.39, 0.29) is 24.0 Å². The van der Waals surface area contributed by atoms with Gasteiger partial charge in [-0.05, 0) is 29.9 Å². The molecule has 1 aliphatic heterocycles. The summed E-state index contributed by atoms with van der Waals surface area (Å²) in [5, 5.41) is 3.49. The Kier molecular flexibility index (Phi) is 8.78. The Morgan fingerprint density at radius 2 is 1.91 bits per heavy atom. The van der Waals surface area contributed by atoms with Crippen LogP contribution in [0, 0.1) is 5.92 Å². The van der Waals surface area contributed by atoms with Crippen LogP contribution >= 0.6 is 24.0 Å². The lowest BCUT2D eigenvalue weighted by molar-refractivity contribution is 0.184. The highest BCUT2D eigenvalue weighted by molar-refractivity contribution is 14.0. The SMILES string of the molecule is CN=C(NCc1ccccc1COC)N1CCC(C)CC1.I. The van der Waals surface area contributed by atoms with E-state index in [1.165, 1.54) is 24.0 Å². The average molecular weight is 417 g/mol. The van der Waals surface area contributed by atoms with Crippen LogP contribution in [0.3, 0.4) is 0 Å². The topological polar surface area (TPSA) is 36.9 Å². The summed E-state index contributed by atoms with van der Waals surface area (Å²) < 4.78 is 5.26. The highest BCUT2D eigenvalue weighted by Crippen LogP contribution is 2.16. The van der Waals surface area contributed by atoms with Gasteiger partial charge in [0.25, 0.3) is 0 Å². The van der Waals surface area contributed by atoms with Gasteiger partial charge in [-0.1, -0.05) is 31.2 Å². The molecule has 0 radical (unpaired) electrons. The molecule has 2 rings (SSSR count). The molecule has 4 nitrogen and oxygen atoms in total. The molecule has 0 atom stereocenters. The van der Waals surface area contributed by atoms with Crippen molar-refractivity contribution in [1.82, 2.24) is 10.2 Å². The Morgan fingerprint density at radius 1 is 1.27 bits per heavy atom. The van der Waals surface area contributed by atoms with Crippen LogP contribution in [0.4, 0.5) is 0 Å². The van der Waals surface area contributed by atoms with Crippen molar-refractivity contribution in [2.24, 2.45) is 10.9 Å². The Balaban J connectivity index is 0.00000242. The molecule has 1 saturated heterocycles. The van der Waals surface area contributed by atoms with Crippen molar-refractivity contribution in [3.63, 3.8) is 0 Å². The first kappa shape index (κ1) is 19.2. The van der Waals surface area contributed by atoms with Crippen molar-refractivity contribution in [3.8, 4) is 0 Å². The minimum Gasteiger partial charge on any atom is -0.380 e. The maximum atomic E-state index is 5.26. The van der Waals surface area contributed by atoms with E-state index in [1.807, 2.05) is 7.05 Å². The second-order valence-corrected chi connectivity index (χ2v) is 5.77. The molecule has 124 valence electrons. The monoisotopic (exact) mass is 417 g/mol. The molecule has 0 aromatic heterocycles. The fourth-order valence-electron chi connectivity index (χ4n) is 2.75. The summed E-state index contributed by atoms with van der Waals surface area (Å²) in [4.78, 5) is 6.79. The van der Waals surface area contributed by atoms with Crippen LogP contribution in [0.25, 0.3) is 0 Å². The lowest BCUT2D eigenvalue weighted by Crippen LogP contribution is -2.45. The van der Waals surface area contributed by atoms with Crippen LogP contribution in [0.15, 0.2) is 29.3 Å². The van der Waals surface area contributed by atoms with Crippen LogP contribution in [0.5, 0.6) is 0 Å². The first-order chi connectivity index (χ1) is 10.2. The van der Waals surface area contributed by atoms with Gasteiger partial charge in [-0.15, -0.1) is 24.0 Å². The number of hydrogen-bond donors (Lipinski definition) is 1. The minimum atomic E-state index is 0. The van der Waals surface area contributed by atoms with Gasteiger partial charge in [-0.3, -0.25) is 4.99 Å². The third-order valence-corrected chi connectivity index (χ3v) is 4.15. The Morgan fingerprint density at radius 3 is 2.50 bits per heavy atom. The van der Waals surface area contributed by atoms with Gasteiger partial charge in [0, 0.05) is 33.8 Å². The molecule has 1 aliphatic rings. The fraction of sp³-hybridized carbons (Fsp3) is 0.588. The lowest BCUT2D eigenvalue weighted by Gasteiger charge is -2.33. The summed E-state index contributed by atoms with van der Waals surface area (Å²) in [6.45, 7) is 5.96. The molecule has 1 fully saturated rings. The average Bonchev–Trinajstić information content (AvgIpc) is 2.51. The highest BCUT2D eigenvalue weighted by Gasteiger charge is 2.18. The zero-order valence-corrected chi connectivity index (χ0v) is 16.2. The number of methoxy groups -OCH3 is 1. The molecule has 0 saturated carbocycles. The maximum absolute atomic E-state index is 5.26. The molecule has 1 N–H and O–H groups in total. The summed E-state index contributed by atoms with van der Waals surface area (Å²) >= 11 is 0. The quantitative estimate of drug-likeness (QED) is 0.464. The largest absolute Gasteiger partial charge is 0.380 e. The van der Waals surface area contributed by atoms with Crippen molar-refractivity contribution >= 4 is 29.9 Å². The summed E-state index contributed by atoms with van der Waals surface area (Å²) in [6, 6.07) is 8.39. The molecule has 1 aromatic rings. The van der Waals surface area contributed by atoms with Crippen LogP contribution in [-0.4, -0.2) is 38.1 Å². The van der Waals surface area contributed by atoms with Crippen molar-refractivity contribution in [1.29, 1.82) is 0 Å². The number of hydrogen-bond acceptors (Lipinski definition) is 2. The van der Waals surface area contributed by atoms with E-state index < -0.39 is 0 Å². The predicted octanol–water partition coefficient (Wildman–Crippen LogP) is 3.26. The van der Waals surface area contributed by atoms with Gasteiger partial charge in [-0.25, -0.2) is 0 Å². The van der Waals surface area contributed by atoms with Gasteiger partial charge < -0.3 is 15.0 Å². The standard InChI is InChI=1S/C17H27N3O.HI/c1-14-8-10-20(11-9-14)17(18-2)19-12-15-6-4-5-7-16(15)13-21-3;/h4-7,14H,8-13H2,1-3H3,(H,18,19);1H. The first-order valence-corrected chi connectivity index (χ1v) is 7.76. The van der Waals surface area contributed by atoms with Gasteiger partial charge in [0.2, 0.25) is 0 Å². The molecule has 0 amide bonds. The van der Waals surface area contributed by atoms with Gasteiger partial charge >= 0.3 is 0 Å². The molecule has 0 bridgehead atoms. The van der Waals surface area contributed by atoms with Gasteiger partial charge in [-0.2, -0.15) is 0 Å². The van der Waals surface area contributed by atoms with Crippen molar-refractivity contribution in [3.05, 3.63) is 35.4 Å². The number of halogens is 1. The summed E-state index contributed by atoms with van der Waals surface area (Å²) in [5.74, 6) is 1.84. The second kappa shape index (κ2) is 10.0. The number of nitrogens with one attached hydrogen (secondary N) is 1. The van der Waals surface area contributed by atoms with E-state index in [2.05, 4.69) is 46.4 Å². The van der Waals surface area contributed by atoms with Crippen molar-refractivity contribution in [2.75, 3.05) is 27.2 Å². The molecule has 5 heteroatoms. The Hall–Kier alpha value is -0.820. The van der Waals surface area contributed by atoms with Crippen LogP contribution < -0.4 is 5.32 Å². The number of ether oxygens (including phenoxy) is 1. The van der Waals surface area contributed by atoms with Crippen molar-refractivity contribution < 1.29 is 4.74 Å². The van der Waals surface area contributed by atoms with Gasteiger partial charge in [0.05, 0.1) is 6.61 Å². The molecule has 0 spiro atoms. The predicted molar refractivity (Wildman–Crippen MR) is 103 cm³/mol. The van der Waals surface area contributed by atoms with Crippen LogP contribution in [0.1, 0.15) is 30.9 Å². The minimum absolute atomic E-state index is 0. The third-order valence-electron chi connectivity index (χ3n) is 4.15. The van der Waals surface area contributed by atoms with E-state index >= 15 is 0 Å². The molecular formula is C17H28IN3O. The maximum Gasteiger partial charge on any atom is 0.193 e. The third kappa shape index (κ3) is 5.43. The summed E-state index contributed by atoms with van der Waals surface area (Å²) in [5.41, 5.74) is 2.50. The van der Waals surface area contributed by atoms with Crippen LogP contribution in [-0.2, 0) is 17.9 Å². The first-order valence-electron chi connectivity index (χ1n) is 7.76. The molecule has 1 aromatic carbocycles. The van der Waals surface area contributed by atoms with Gasteiger partial charge in [0.1, 0.15) is 0 Å². The van der Waals surface area contributed by atoms with Crippen LogP contribution in [0.2, 0.25) is 0 Å². The number of guanidine groups is 1. The zero-order valence-electron chi connectivity index (χ0n) is 13.8. The smallest absolute Gasteiger partial charge is 0.193 e. The number of benzene rings is 1. The van der Waals surface area contributed by atoms with E-state index in [0.717, 1.165) is 31.5 Å². The molecule has 1 heterocycles. The Bertz CT molecular complexity index is 471.